The van der Waals surface area contributed by atoms with Gasteiger partial charge in [-0.25, -0.2) is 4.79 Å². The van der Waals surface area contributed by atoms with Crippen molar-refractivity contribution in [3.8, 4) is 0 Å². The number of carbonyl (C=O) groups excluding carboxylic acids is 1. The standard InChI is InChI=1S/C10H13Br3O5/c1-9(2)4(5(9)7(14)17-3)6(10(11,12)13)18-8(15)16/h4-6H,1-3H3,(H,15,16). The highest BCUT2D eigenvalue weighted by molar-refractivity contribution is 9.39. The molecule has 18 heavy (non-hydrogen) atoms. The van der Waals surface area contributed by atoms with E-state index in [0.29, 0.717) is 0 Å². The topological polar surface area (TPSA) is 72.8 Å². The van der Waals surface area contributed by atoms with Gasteiger partial charge in [0, 0.05) is 5.92 Å². The normalized spacial score (nSPS) is 27.2. The first-order chi connectivity index (χ1) is 8.03. The number of carbonyl (C=O) groups is 2. The van der Waals surface area contributed by atoms with Crippen LogP contribution >= 0.6 is 47.8 Å². The molecule has 104 valence electrons. The number of rotatable bonds is 3. The zero-order chi connectivity index (χ0) is 14.3. The van der Waals surface area contributed by atoms with Crippen molar-refractivity contribution in [2.24, 2.45) is 17.3 Å². The molecule has 0 aromatic heterocycles. The Morgan fingerprint density at radius 2 is 1.83 bits per heavy atom. The molecule has 1 fully saturated rings. The molecule has 5 nitrogen and oxygen atoms in total. The number of hydrogen-bond donors (Lipinski definition) is 1. The van der Waals surface area contributed by atoms with E-state index in [0.717, 1.165) is 0 Å². The van der Waals surface area contributed by atoms with Crippen molar-refractivity contribution >= 4 is 59.9 Å². The van der Waals surface area contributed by atoms with Gasteiger partial charge in [0.25, 0.3) is 0 Å². The zero-order valence-electron chi connectivity index (χ0n) is 9.95. The molecular weight excluding hydrogens is 440 g/mol. The van der Waals surface area contributed by atoms with E-state index in [-0.39, 0.29) is 23.2 Å². The summed E-state index contributed by atoms with van der Waals surface area (Å²) in [5, 5.41) is 8.78. The van der Waals surface area contributed by atoms with Gasteiger partial charge in [-0.15, -0.1) is 0 Å². The quantitative estimate of drug-likeness (QED) is 0.525. The van der Waals surface area contributed by atoms with E-state index in [2.05, 4.69) is 47.8 Å². The van der Waals surface area contributed by atoms with Gasteiger partial charge in [0.05, 0.1) is 13.0 Å². The van der Waals surface area contributed by atoms with Crippen molar-refractivity contribution in [3.05, 3.63) is 0 Å². The van der Waals surface area contributed by atoms with Crippen LogP contribution in [0.2, 0.25) is 0 Å². The fourth-order valence-electron chi connectivity index (χ4n) is 2.27. The van der Waals surface area contributed by atoms with Crippen LogP contribution in [0.1, 0.15) is 13.8 Å². The van der Waals surface area contributed by atoms with Crippen LogP contribution < -0.4 is 0 Å². The second-order valence-electron chi connectivity index (χ2n) is 4.69. The van der Waals surface area contributed by atoms with Crippen LogP contribution in [0.5, 0.6) is 0 Å². The average molecular weight is 453 g/mol. The summed E-state index contributed by atoms with van der Waals surface area (Å²) >= 11 is 9.77. The molecule has 0 spiro atoms. The molecule has 3 atom stereocenters. The van der Waals surface area contributed by atoms with Crippen LogP contribution in [0.4, 0.5) is 4.79 Å². The Morgan fingerprint density at radius 1 is 1.33 bits per heavy atom. The van der Waals surface area contributed by atoms with Crippen LogP contribution in [0.15, 0.2) is 0 Å². The van der Waals surface area contributed by atoms with Crippen LogP contribution in [0.25, 0.3) is 0 Å². The summed E-state index contributed by atoms with van der Waals surface area (Å²) in [4.78, 5) is 22.4. The van der Waals surface area contributed by atoms with Gasteiger partial charge in [-0.3, -0.25) is 4.79 Å². The molecule has 1 rings (SSSR count). The Bertz CT molecular complexity index is 363. The number of hydrogen-bond acceptors (Lipinski definition) is 4. The van der Waals surface area contributed by atoms with Gasteiger partial charge in [-0.2, -0.15) is 0 Å². The summed E-state index contributed by atoms with van der Waals surface area (Å²) in [5.74, 6) is -1.03. The summed E-state index contributed by atoms with van der Waals surface area (Å²) < 4.78 is 8.67. The number of esters is 1. The monoisotopic (exact) mass is 450 g/mol. The Labute approximate surface area is 130 Å². The highest BCUT2D eigenvalue weighted by Gasteiger charge is 2.69. The van der Waals surface area contributed by atoms with Gasteiger partial charge in [-0.05, 0) is 5.41 Å². The zero-order valence-corrected chi connectivity index (χ0v) is 14.7. The number of alkyl halides is 3. The Kier molecular flexibility index (Phi) is 4.76. The molecule has 1 aliphatic rings. The summed E-state index contributed by atoms with van der Waals surface area (Å²) in [6.45, 7) is 3.74. The summed E-state index contributed by atoms with van der Waals surface area (Å²) in [6.07, 6.45) is -2.16. The van der Waals surface area contributed by atoms with Crippen LogP contribution in [0, 0.1) is 17.3 Å². The van der Waals surface area contributed by atoms with Crippen molar-refractivity contribution < 1.29 is 24.2 Å². The Morgan fingerprint density at radius 3 is 2.17 bits per heavy atom. The fourth-order valence-corrected chi connectivity index (χ4v) is 3.41. The molecule has 0 aromatic rings. The number of halogens is 3. The van der Waals surface area contributed by atoms with Gasteiger partial charge in [0.2, 0.25) is 0 Å². The lowest BCUT2D eigenvalue weighted by Crippen LogP contribution is -2.34. The third-order valence-corrected chi connectivity index (χ3v) is 4.60. The Balaban J connectivity index is 2.95. The van der Waals surface area contributed by atoms with E-state index in [4.69, 9.17) is 14.6 Å². The van der Waals surface area contributed by atoms with E-state index in [1.807, 2.05) is 13.8 Å². The minimum Gasteiger partial charge on any atom is -0.469 e. The molecule has 0 heterocycles. The highest BCUT2D eigenvalue weighted by atomic mass is 80.0. The molecule has 0 aromatic carbocycles. The second kappa shape index (κ2) is 5.28. The fraction of sp³-hybridized carbons (Fsp3) is 0.800. The van der Waals surface area contributed by atoms with Gasteiger partial charge < -0.3 is 14.6 Å². The highest BCUT2D eigenvalue weighted by Crippen LogP contribution is 2.64. The van der Waals surface area contributed by atoms with E-state index < -0.39 is 14.4 Å². The second-order valence-corrected chi connectivity index (χ2v) is 11.6. The van der Waals surface area contributed by atoms with Crippen molar-refractivity contribution in [2.75, 3.05) is 7.11 Å². The van der Waals surface area contributed by atoms with E-state index in [9.17, 15) is 9.59 Å². The summed E-state index contributed by atoms with van der Waals surface area (Å²) in [5.41, 5.74) is -0.381. The van der Waals surface area contributed by atoms with E-state index in [1.54, 1.807) is 0 Å². The molecule has 0 aliphatic heterocycles. The molecule has 0 radical (unpaired) electrons. The first-order valence-electron chi connectivity index (χ1n) is 5.07. The van der Waals surface area contributed by atoms with Crippen molar-refractivity contribution in [1.82, 2.24) is 0 Å². The van der Waals surface area contributed by atoms with Crippen LogP contribution in [-0.4, -0.2) is 32.6 Å². The number of methoxy groups -OCH3 is 1. The SMILES string of the molecule is COC(=O)C1C(C(OC(=O)O)C(Br)(Br)Br)C1(C)C. The van der Waals surface area contributed by atoms with Crippen LogP contribution in [-0.2, 0) is 14.3 Å². The first kappa shape index (κ1) is 16.2. The largest absolute Gasteiger partial charge is 0.506 e. The van der Waals surface area contributed by atoms with Crippen molar-refractivity contribution in [1.29, 1.82) is 0 Å². The third-order valence-electron chi connectivity index (χ3n) is 3.24. The predicted molar refractivity (Wildman–Crippen MR) is 75.2 cm³/mol. The van der Waals surface area contributed by atoms with Crippen LogP contribution in [0.3, 0.4) is 0 Å². The van der Waals surface area contributed by atoms with Gasteiger partial charge in [0.1, 0.15) is 6.10 Å². The lowest BCUT2D eigenvalue weighted by atomic mass is 10.1. The predicted octanol–water partition coefficient (Wildman–Crippen LogP) is 3.33. The maximum Gasteiger partial charge on any atom is 0.506 e. The number of carboxylic acid groups (broad SMARTS) is 1. The van der Waals surface area contributed by atoms with Crippen molar-refractivity contribution in [3.63, 3.8) is 0 Å². The molecule has 0 bridgehead atoms. The number of ether oxygens (including phenoxy) is 2. The average Bonchev–Trinajstić information content (AvgIpc) is 2.74. The van der Waals surface area contributed by atoms with E-state index in [1.165, 1.54) is 7.11 Å². The summed E-state index contributed by atoms with van der Waals surface area (Å²) in [6, 6.07) is 0. The lowest BCUT2D eigenvalue weighted by Gasteiger charge is -2.25. The molecule has 3 unspecified atom stereocenters. The molecule has 1 aliphatic carbocycles. The maximum atomic E-state index is 11.6. The van der Waals surface area contributed by atoms with Gasteiger partial charge in [-0.1, -0.05) is 61.6 Å². The van der Waals surface area contributed by atoms with Gasteiger partial charge >= 0.3 is 12.1 Å². The lowest BCUT2D eigenvalue weighted by molar-refractivity contribution is -0.143. The van der Waals surface area contributed by atoms with Crippen molar-refractivity contribution in [2.45, 2.75) is 22.1 Å². The minimum atomic E-state index is -1.39. The molecule has 1 N–H and O–H groups in total. The third kappa shape index (κ3) is 3.19. The molecular formula is C10H13Br3O5. The molecule has 1 saturated carbocycles. The first-order valence-corrected chi connectivity index (χ1v) is 7.45. The molecule has 8 heteroatoms. The van der Waals surface area contributed by atoms with E-state index >= 15 is 0 Å². The molecule has 0 amide bonds. The minimum absolute atomic E-state index is 0.279. The summed E-state index contributed by atoms with van der Waals surface area (Å²) in [7, 11) is 1.31. The smallest absolute Gasteiger partial charge is 0.469 e. The maximum absolute atomic E-state index is 11.6. The van der Waals surface area contributed by atoms with Gasteiger partial charge in [0.15, 0.2) is 2.14 Å². The Hall–Kier alpha value is 0.180. The molecule has 0 saturated heterocycles.